The standard InChI is InChI=1S/C14H24N4/c1-14(2,3)12-7-8-16-13(17-12)18-9-5-6-11(18)10-15-4/h7-8,11,15H,5-6,9-10H2,1-4H3. The van der Waals surface area contributed by atoms with Crippen molar-refractivity contribution in [2.45, 2.75) is 45.1 Å². The van der Waals surface area contributed by atoms with Crippen LogP contribution in [0.15, 0.2) is 12.3 Å². The van der Waals surface area contributed by atoms with E-state index in [-0.39, 0.29) is 5.41 Å². The molecule has 1 aliphatic rings. The second-order valence-electron chi connectivity index (χ2n) is 6.04. The number of nitrogens with zero attached hydrogens (tertiary/aromatic N) is 3. The summed E-state index contributed by atoms with van der Waals surface area (Å²) in [6.45, 7) is 8.64. The van der Waals surface area contributed by atoms with E-state index in [2.05, 4.69) is 36.0 Å². The lowest BCUT2D eigenvalue weighted by molar-refractivity contribution is 0.560. The Morgan fingerprint density at radius 1 is 1.44 bits per heavy atom. The molecule has 4 nitrogen and oxygen atoms in total. The van der Waals surface area contributed by atoms with E-state index in [1.165, 1.54) is 12.8 Å². The molecule has 100 valence electrons. The van der Waals surface area contributed by atoms with Crippen LogP contribution in [0.5, 0.6) is 0 Å². The quantitative estimate of drug-likeness (QED) is 0.888. The molecule has 0 saturated carbocycles. The Kier molecular flexibility index (Phi) is 3.85. The van der Waals surface area contributed by atoms with Gasteiger partial charge in [0.1, 0.15) is 0 Å². The lowest BCUT2D eigenvalue weighted by Crippen LogP contribution is -2.38. The maximum Gasteiger partial charge on any atom is 0.225 e. The monoisotopic (exact) mass is 248 g/mol. The fraction of sp³-hybridized carbons (Fsp3) is 0.714. The van der Waals surface area contributed by atoms with Crippen LogP contribution in [0.3, 0.4) is 0 Å². The second-order valence-corrected chi connectivity index (χ2v) is 6.04. The summed E-state index contributed by atoms with van der Waals surface area (Å²) in [5.74, 6) is 0.889. The van der Waals surface area contributed by atoms with Gasteiger partial charge in [-0.1, -0.05) is 20.8 Å². The maximum absolute atomic E-state index is 4.75. The minimum atomic E-state index is 0.0793. The molecule has 4 heteroatoms. The highest BCUT2D eigenvalue weighted by molar-refractivity contribution is 5.35. The highest BCUT2D eigenvalue weighted by Gasteiger charge is 2.27. The predicted octanol–water partition coefficient (Wildman–Crippen LogP) is 1.96. The van der Waals surface area contributed by atoms with E-state index in [0.29, 0.717) is 6.04 Å². The summed E-state index contributed by atoms with van der Waals surface area (Å²) in [6.07, 6.45) is 4.34. The average Bonchev–Trinajstić information content (AvgIpc) is 2.77. The molecule has 0 aromatic carbocycles. The summed E-state index contributed by atoms with van der Waals surface area (Å²) in [6, 6.07) is 2.55. The van der Waals surface area contributed by atoms with Gasteiger partial charge in [0, 0.05) is 30.7 Å². The minimum Gasteiger partial charge on any atom is -0.337 e. The lowest BCUT2D eigenvalue weighted by atomic mass is 9.92. The van der Waals surface area contributed by atoms with Gasteiger partial charge in [-0.3, -0.25) is 0 Å². The number of likely N-dealkylation sites (N-methyl/N-ethyl adjacent to an activating group) is 1. The van der Waals surface area contributed by atoms with Crippen molar-refractivity contribution in [3.8, 4) is 0 Å². The maximum atomic E-state index is 4.75. The van der Waals surface area contributed by atoms with Gasteiger partial charge in [0.15, 0.2) is 0 Å². The summed E-state index contributed by atoms with van der Waals surface area (Å²) in [4.78, 5) is 11.5. The van der Waals surface area contributed by atoms with Crippen molar-refractivity contribution in [1.29, 1.82) is 0 Å². The average molecular weight is 248 g/mol. The zero-order chi connectivity index (χ0) is 13.2. The molecule has 0 spiro atoms. The molecule has 1 aromatic rings. The summed E-state index contributed by atoms with van der Waals surface area (Å²) in [5, 5.41) is 3.26. The molecule has 1 saturated heterocycles. The molecule has 0 aliphatic carbocycles. The summed E-state index contributed by atoms with van der Waals surface area (Å²) < 4.78 is 0. The van der Waals surface area contributed by atoms with Crippen LogP contribution in [0.2, 0.25) is 0 Å². The molecule has 1 atom stereocenters. The van der Waals surface area contributed by atoms with Crippen molar-refractivity contribution in [1.82, 2.24) is 15.3 Å². The van der Waals surface area contributed by atoms with Gasteiger partial charge in [0.25, 0.3) is 0 Å². The van der Waals surface area contributed by atoms with E-state index in [1.54, 1.807) is 0 Å². The van der Waals surface area contributed by atoms with E-state index in [0.717, 1.165) is 24.7 Å². The fourth-order valence-electron chi connectivity index (χ4n) is 2.45. The highest BCUT2D eigenvalue weighted by Crippen LogP contribution is 2.25. The number of anilines is 1. The molecule has 1 fully saturated rings. The third-order valence-corrected chi connectivity index (χ3v) is 3.49. The molecular formula is C14H24N4. The second kappa shape index (κ2) is 5.22. The van der Waals surface area contributed by atoms with Gasteiger partial charge in [-0.25, -0.2) is 9.97 Å². The van der Waals surface area contributed by atoms with Crippen LogP contribution in [-0.2, 0) is 5.41 Å². The first-order valence-corrected chi connectivity index (χ1v) is 6.77. The molecule has 1 aromatic heterocycles. The Morgan fingerprint density at radius 2 is 2.22 bits per heavy atom. The van der Waals surface area contributed by atoms with Gasteiger partial charge in [0.2, 0.25) is 5.95 Å². The first kappa shape index (κ1) is 13.3. The summed E-state index contributed by atoms with van der Waals surface area (Å²) in [5.41, 5.74) is 1.19. The molecule has 1 unspecified atom stereocenters. The topological polar surface area (TPSA) is 41.0 Å². The van der Waals surface area contributed by atoms with Crippen molar-refractivity contribution < 1.29 is 0 Å². The van der Waals surface area contributed by atoms with E-state index >= 15 is 0 Å². The number of hydrogen-bond acceptors (Lipinski definition) is 4. The molecule has 0 radical (unpaired) electrons. The summed E-state index contributed by atoms with van der Waals surface area (Å²) in [7, 11) is 2.00. The zero-order valence-corrected chi connectivity index (χ0v) is 11.9. The molecule has 1 aliphatic heterocycles. The van der Waals surface area contributed by atoms with Gasteiger partial charge in [-0.15, -0.1) is 0 Å². The van der Waals surface area contributed by atoms with Crippen LogP contribution >= 0.6 is 0 Å². The summed E-state index contributed by atoms with van der Waals surface area (Å²) >= 11 is 0. The third kappa shape index (κ3) is 2.80. The van der Waals surface area contributed by atoms with E-state index in [1.807, 2.05) is 19.3 Å². The van der Waals surface area contributed by atoms with Crippen molar-refractivity contribution in [2.24, 2.45) is 0 Å². The van der Waals surface area contributed by atoms with Gasteiger partial charge < -0.3 is 10.2 Å². The Balaban J connectivity index is 2.22. The molecule has 2 rings (SSSR count). The number of nitrogens with one attached hydrogen (secondary N) is 1. The molecular weight excluding hydrogens is 224 g/mol. The molecule has 0 amide bonds. The van der Waals surface area contributed by atoms with Gasteiger partial charge in [0.05, 0.1) is 5.69 Å². The van der Waals surface area contributed by atoms with Crippen molar-refractivity contribution >= 4 is 5.95 Å². The molecule has 1 N–H and O–H groups in total. The van der Waals surface area contributed by atoms with Gasteiger partial charge in [-0.05, 0) is 26.0 Å². The number of aromatic nitrogens is 2. The van der Waals surface area contributed by atoms with Crippen LogP contribution in [0.4, 0.5) is 5.95 Å². The van der Waals surface area contributed by atoms with E-state index in [4.69, 9.17) is 4.98 Å². The minimum absolute atomic E-state index is 0.0793. The predicted molar refractivity (Wildman–Crippen MR) is 75.0 cm³/mol. The van der Waals surface area contributed by atoms with Crippen LogP contribution in [0.1, 0.15) is 39.3 Å². The van der Waals surface area contributed by atoms with Gasteiger partial charge in [-0.2, -0.15) is 0 Å². The highest BCUT2D eigenvalue weighted by atomic mass is 15.3. The van der Waals surface area contributed by atoms with Crippen molar-refractivity contribution in [3.63, 3.8) is 0 Å². The Bertz CT molecular complexity index is 397. The number of hydrogen-bond donors (Lipinski definition) is 1. The van der Waals surface area contributed by atoms with Crippen LogP contribution in [0.25, 0.3) is 0 Å². The largest absolute Gasteiger partial charge is 0.337 e. The Hall–Kier alpha value is -1.16. The molecule has 2 heterocycles. The van der Waals surface area contributed by atoms with Crippen LogP contribution < -0.4 is 10.2 Å². The Morgan fingerprint density at radius 3 is 2.89 bits per heavy atom. The van der Waals surface area contributed by atoms with Crippen LogP contribution in [0, 0.1) is 0 Å². The first-order chi connectivity index (χ1) is 8.52. The first-order valence-electron chi connectivity index (χ1n) is 6.77. The van der Waals surface area contributed by atoms with E-state index in [9.17, 15) is 0 Å². The van der Waals surface area contributed by atoms with Crippen molar-refractivity contribution in [2.75, 3.05) is 25.0 Å². The zero-order valence-electron chi connectivity index (χ0n) is 11.9. The lowest BCUT2D eigenvalue weighted by Gasteiger charge is -2.26. The molecule has 18 heavy (non-hydrogen) atoms. The Labute approximate surface area is 110 Å². The smallest absolute Gasteiger partial charge is 0.225 e. The van der Waals surface area contributed by atoms with Crippen LogP contribution in [-0.4, -0.2) is 36.1 Å². The third-order valence-electron chi connectivity index (χ3n) is 3.49. The van der Waals surface area contributed by atoms with Gasteiger partial charge >= 0.3 is 0 Å². The van der Waals surface area contributed by atoms with Crippen molar-refractivity contribution in [3.05, 3.63) is 18.0 Å². The van der Waals surface area contributed by atoms with E-state index < -0.39 is 0 Å². The number of rotatable bonds is 3. The fourth-order valence-corrected chi connectivity index (χ4v) is 2.45. The SMILES string of the molecule is CNCC1CCCN1c1nccc(C(C)(C)C)n1. The molecule has 0 bridgehead atoms. The normalized spacial score (nSPS) is 20.4.